The Morgan fingerprint density at radius 2 is 2.00 bits per heavy atom. The normalized spacial score (nSPS) is 16.9. The second-order valence-corrected chi connectivity index (χ2v) is 3.98. The molecule has 0 atom stereocenters. The Bertz CT molecular complexity index is 369. The van der Waals surface area contributed by atoms with Gasteiger partial charge in [-0.2, -0.15) is 0 Å². The van der Waals surface area contributed by atoms with Crippen molar-refractivity contribution in [2.45, 2.75) is 19.4 Å². The summed E-state index contributed by atoms with van der Waals surface area (Å²) in [4.78, 5) is 13.6. The van der Waals surface area contributed by atoms with Crippen LogP contribution in [0.25, 0.3) is 0 Å². The molecule has 0 N–H and O–H groups in total. The summed E-state index contributed by atoms with van der Waals surface area (Å²) in [7, 11) is 0. The van der Waals surface area contributed by atoms with Crippen LogP contribution in [-0.2, 0) is 11.3 Å². The highest BCUT2D eigenvalue weighted by Crippen LogP contribution is 2.17. The zero-order valence-electron chi connectivity index (χ0n) is 8.78. The molecule has 2 nitrogen and oxygen atoms in total. The van der Waals surface area contributed by atoms with E-state index in [9.17, 15) is 4.79 Å². The van der Waals surface area contributed by atoms with Crippen LogP contribution >= 0.6 is 0 Å². The molecule has 1 heterocycles. The molecule has 0 aromatic heterocycles. The molecule has 1 aliphatic rings. The van der Waals surface area contributed by atoms with Gasteiger partial charge in [0, 0.05) is 19.5 Å². The molecular weight excluding hydrogens is 186 g/mol. The average Bonchev–Trinajstić information content (AvgIpc) is 2.24. The Morgan fingerprint density at radius 1 is 1.27 bits per heavy atom. The van der Waals surface area contributed by atoms with Gasteiger partial charge in [-0.15, -0.1) is 0 Å². The molecule has 0 aliphatic carbocycles. The first-order chi connectivity index (χ1) is 7.25. The fourth-order valence-electron chi connectivity index (χ4n) is 1.80. The average molecular weight is 201 g/mol. The fraction of sp³-hybridized carbons (Fsp3) is 0.308. The van der Waals surface area contributed by atoms with E-state index < -0.39 is 0 Å². The van der Waals surface area contributed by atoms with Gasteiger partial charge in [-0.3, -0.25) is 4.79 Å². The highest BCUT2D eigenvalue weighted by atomic mass is 16.2. The molecule has 2 rings (SSSR count). The Balaban J connectivity index is 2.01. The first kappa shape index (κ1) is 9.97. The quantitative estimate of drug-likeness (QED) is 0.673. The highest BCUT2D eigenvalue weighted by Gasteiger charge is 2.19. The smallest absolute Gasteiger partial charge is 0.226 e. The van der Waals surface area contributed by atoms with E-state index in [2.05, 4.69) is 18.7 Å². The minimum atomic E-state index is 0.204. The Labute approximate surface area is 90.2 Å². The summed E-state index contributed by atoms with van der Waals surface area (Å²) in [6.07, 6.45) is 1.46. The number of rotatable bonds is 2. The topological polar surface area (TPSA) is 20.3 Å². The van der Waals surface area contributed by atoms with Crippen molar-refractivity contribution in [1.82, 2.24) is 4.90 Å². The van der Waals surface area contributed by atoms with Gasteiger partial charge in [0.1, 0.15) is 0 Å². The van der Waals surface area contributed by atoms with E-state index in [4.69, 9.17) is 0 Å². The van der Waals surface area contributed by atoms with Gasteiger partial charge in [0.25, 0.3) is 0 Å². The molecule has 1 aliphatic heterocycles. The van der Waals surface area contributed by atoms with Gasteiger partial charge in [0.15, 0.2) is 0 Å². The third-order valence-corrected chi connectivity index (χ3v) is 2.71. The second kappa shape index (κ2) is 4.30. The van der Waals surface area contributed by atoms with Crippen molar-refractivity contribution >= 4 is 5.91 Å². The number of nitrogens with zero attached hydrogens (tertiary/aromatic N) is 1. The second-order valence-electron chi connectivity index (χ2n) is 3.98. The number of likely N-dealkylation sites (tertiary alicyclic amines) is 1. The SMILES string of the molecule is C=C1CCN(Cc2ccccc2)C(=O)C1. The molecule has 0 saturated carbocycles. The van der Waals surface area contributed by atoms with E-state index in [-0.39, 0.29) is 5.91 Å². The van der Waals surface area contributed by atoms with E-state index in [0.29, 0.717) is 6.42 Å². The number of hydrogen-bond acceptors (Lipinski definition) is 1. The monoisotopic (exact) mass is 201 g/mol. The van der Waals surface area contributed by atoms with Gasteiger partial charge in [-0.05, 0) is 12.0 Å². The summed E-state index contributed by atoms with van der Waals surface area (Å²) in [5, 5.41) is 0. The number of benzene rings is 1. The largest absolute Gasteiger partial charge is 0.338 e. The summed E-state index contributed by atoms with van der Waals surface area (Å²) in [6.45, 7) is 5.40. The molecular formula is C13H15NO. The third kappa shape index (κ3) is 2.46. The van der Waals surface area contributed by atoms with Crippen LogP contribution in [0.5, 0.6) is 0 Å². The lowest BCUT2D eigenvalue weighted by Crippen LogP contribution is -2.35. The minimum Gasteiger partial charge on any atom is -0.338 e. The molecule has 1 fully saturated rings. The van der Waals surface area contributed by atoms with E-state index in [0.717, 1.165) is 25.1 Å². The highest BCUT2D eigenvalue weighted by molar-refractivity contribution is 5.79. The van der Waals surface area contributed by atoms with E-state index in [1.54, 1.807) is 0 Å². The lowest BCUT2D eigenvalue weighted by molar-refractivity contribution is -0.132. The summed E-state index contributed by atoms with van der Waals surface area (Å²) >= 11 is 0. The summed E-state index contributed by atoms with van der Waals surface area (Å²) in [5.41, 5.74) is 2.25. The van der Waals surface area contributed by atoms with Gasteiger partial charge in [0.2, 0.25) is 5.91 Å². The zero-order chi connectivity index (χ0) is 10.7. The third-order valence-electron chi connectivity index (χ3n) is 2.71. The number of carbonyl (C=O) groups is 1. The van der Waals surface area contributed by atoms with Crippen molar-refractivity contribution < 1.29 is 4.79 Å². The van der Waals surface area contributed by atoms with Crippen molar-refractivity contribution in [2.24, 2.45) is 0 Å². The molecule has 1 aromatic carbocycles. The lowest BCUT2D eigenvalue weighted by Gasteiger charge is -2.28. The maximum Gasteiger partial charge on any atom is 0.226 e. The predicted molar refractivity (Wildman–Crippen MR) is 60.2 cm³/mol. The van der Waals surface area contributed by atoms with Gasteiger partial charge >= 0.3 is 0 Å². The molecule has 1 amide bonds. The number of carbonyl (C=O) groups excluding carboxylic acids is 1. The van der Waals surface area contributed by atoms with Crippen molar-refractivity contribution in [3.8, 4) is 0 Å². The Kier molecular flexibility index (Phi) is 2.86. The molecule has 15 heavy (non-hydrogen) atoms. The van der Waals surface area contributed by atoms with Crippen molar-refractivity contribution in [3.63, 3.8) is 0 Å². The standard InChI is InChI=1S/C13H15NO/c1-11-7-8-14(13(15)9-11)10-12-5-3-2-4-6-12/h2-6H,1,7-10H2. The minimum absolute atomic E-state index is 0.204. The van der Waals surface area contributed by atoms with Crippen LogP contribution in [0.3, 0.4) is 0 Å². The van der Waals surface area contributed by atoms with Gasteiger partial charge in [0.05, 0.1) is 0 Å². The first-order valence-corrected chi connectivity index (χ1v) is 5.24. The van der Waals surface area contributed by atoms with Crippen molar-refractivity contribution in [2.75, 3.05) is 6.54 Å². The summed E-state index contributed by atoms with van der Waals surface area (Å²) < 4.78 is 0. The fourth-order valence-corrected chi connectivity index (χ4v) is 1.80. The van der Waals surface area contributed by atoms with E-state index in [1.807, 2.05) is 23.1 Å². The predicted octanol–water partition coefficient (Wildman–Crippen LogP) is 2.37. The van der Waals surface area contributed by atoms with Gasteiger partial charge in [-0.1, -0.05) is 42.5 Å². The lowest BCUT2D eigenvalue weighted by atomic mass is 10.0. The van der Waals surface area contributed by atoms with Crippen molar-refractivity contribution in [3.05, 3.63) is 48.0 Å². The molecule has 0 unspecified atom stereocenters. The number of piperidine rings is 1. The van der Waals surface area contributed by atoms with Gasteiger partial charge < -0.3 is 4.90 Å². The zero-order valence-corrected chi connectivity index (χ0v) is 8.78. The summed E-state index contributed by atoms with van der Waals surface area (Å²) in [5.74, 6) is 0.204. The molecule has 2 heteroatoms. The van der Waals surface area contributed by atoms with Crippen LogP contribution in [0.1, 0.15) is 18.4 Å². The van der Waals surface area contributed by atoms with Crippen LogP contribution in [0, 0.1) is 0 Å². The van der Waals surface area contributed by atoms with Crippen LogP contribution in [0.4, 0.5) is 0 Å². The first-order valence-electron chi connectivity index (χ1n) is 5.24. The van der Waals surface area contributed by atoms with Crippen molar-refractivity contribution in [1.29, 1.82) is 0 Å². The molecule has 0 spiro atoms. The van der Waals surface area contributed by atoms with E-state index in [1.165, 1.54) is 5.56 Å². The molecule has 1 aromatic rings. The maximum atomic E-state index is 11.7. The molecule has 78 valence electrons. The molecule has 0 bridgehead atoms. The van der Waals surface area contributed by atoms with Gasteiger partial charge in [-0.25, -0.2) is 0 Å². The Morgan fingerprint density at radius 3 is 2.67 bits per heavy atom. The van der Waals surface area contributed by atoms with Crippen LogP contribution in [-0.4, -0.2) is 17.4 Å². The Hall–Kier alpha value is -1.57. The number of hydrogen-bond donors (Lipinski definition) is 0. The van der Waals surface area contributed by atoms with Crippen LogP contribution in [0.15, 0.2) is 42.5 Å². The van der Waals surface area contributed by atoms with Crippen LogP contribution < -0.4 is 0 Å². The summed E-state index contributed by atoms with van der Waals surface area (Å²) in [6, 6.07) is 10.1. The molecule has 1 saturated heterocycles. The maximum absolute atomic E-state index is 11.7. The molecule has 0 radical (unpaired) electrons. The number of amides is 1. The van der Waals surface area contributed by atoms with E-state index >= 15 is 0 Å². The van der Waals surface area contributed by atoms with Crippen LogP contribution in [0.2, 0.25) is 0 Å².